The summed E-state index contributed by atoms with van der Waals surface area (Å²) in [6.07, 6.45) is 1.03. The minimum Gasteiger partial charge on any atom is -0.480 e. The highest BCUT2D eigenvalue weighted by Gasteiger charge is 2.21. The van der Waals surface area contributed by atoms with Gasteiger partial charge < -0.3 is 20.4 Å². The zero-order chi connectivity index (χ0) is 13.6. The quantitative estimate of drug-likeness (QED) is 0.518. The standard InChI is InChI=1S/C8H16N2O6S/c1-10(3-4-17(2,15)16)8(14)9-6(5-11)7(12)13/h6,11H,3-5H2,1-2H3,(H,9,14)(H,12,13). The predicted octanol–water partition coefficient (Wildman–Crippen LogP) is -1.88. The third-order valence-corrected chi connectivity index (χ3v) is 2.85. The number of nitrogens with zero attached hydrogens (tertiary/aromatic N) is 1. The van der Waals surface area contributed by atoms with E-state index in [-0.39, 0.29) is 12.3 Å². The molecular weight excluding hydrogens is 252 g/mol. The van der Waals surface area contributed by atoms with Gasteiger partial charge in [-0.25, -0.2) is 18.0 Å². The molecule has 0 fully saturated rings. The molecule has 0 spiro atoms. The summed E-state index contributed by atoms with van der Waals surface area (Å²) in [5.74, 6) is -1.58. The summed E-state index contributed by atoms with van der Waals surface area (Å²) < 4.78 is 21.7. The summed E-state index contributed by atoms with van der Waals surface area (Å²) in [4.78, 5) is 22.9. The number of carboxylic acid groups (broad SMARTS) is 1. The number of nitrogens with one attached hydrogen (secondary N) is 1. The number of hydrogen-bond donors (Lipinski definition) is 3. The van der Waals surface area contributed by atoms with Crippen molar-refractivity contribution in [2.45, 2.75) is 6.04 Å². The Morgan fingerprint density at radius 2 is 1.94 bits per heavy atom. The number of urea groups is 1. The highest BCUT2D eigenvalue weighted by molar-refractivity contribution is 7.90. The SMILES string of the molecule is CN(CCS(C)(=O)=O)C(=O)NC(CO)C(=O)O. The molecule has 0 saturated carbocycles. The number of carboxylic acids is 1. The first kappa shape index (κ1) is 15.7. The van der Waals surface area contributed by atoms with Crippen LogP contribution in [0.4, 0.5) is 4.79 Å². The molecule has 0 aliphatic rings. The van der Waals surface area contributed by atoms with Gasteiger partial charge in [0.2, 0.25) is 0 Å². The second-order valence-electron chi connectivity index (χ2n) is 3.57. The maximum absolute atomic E-state index is 11.4. The summed E-state index contributed by atoms with van der Waals surface area (Å²) in [6, 6.07) is -2.15. The van der Waals surface area contributed by atoms with E-state index in [1.54, 1.807) is 0 Å². The number of carbonyl (C=O) groups excluding carboxylic acids is 1. The zero-order valence-corrected chi connectivity index (χ0v) is 10.4. The van der Waals surface area contributed by atoms with Crippen LogP contribution in [0.3, 0.4) is 0 Å². The van der Waals surface area contributed by atoms with E-state index in [2.05, 4.69) is 0 Å². The number of aliphatic hydroxyl groups is 1. The normalized spacial score (nSPS) is 12.9. The molecule has 3 N–H and O–H groups in total. The number of amides is 2. The van der Waals surface area contributed by atoms with Crippen molar-refractivity contribution in [1.82, 2.24) is 10.2 Å². The first-order valence-electron chi connectivity index (χ1n) is 4.70. The highest BCUT2D eigenvalue weighted by atomic mass is 32.2. The molecule has 1 atom stereocenters. The Balaban J connectivity index is 4.27. The van der Waals surface area contributed by atoms with Crippen molar-refractivity contribution < 1.29 is 28.2 Å². The second kappa shape index (κ2) is 6.40. The molecule has 9 heteroatoms. The third-order valence-electron chi connectivity index (χ3n) is 1.92. The second-order valence-corrected chi connectivity index (χ2v) is 5.83. The van der Waals surface area contributed by atoms with Crippen LogP contribution in [-0.4, -0.2) is 73.8 Å². The van der Waals surface area contributed by atoms with Gasteiger partial charge in [-0.1, -0.05) is 0 Å². The molecule has 0 saturated heterocycles. The van der Waals surface area contributed by atoms with Gasteiger partial charge >= 0.3 is 12.0 Å². The first-order valence-corrected chi connectivity index (χ1v) is 6.76. The number of aliphatic carboxylic acids is 1. The fourth-order valence-electron chi connectivity index (χ4n) is 0.849. The fraction of sp³-hybridized carbons (Fsp3) is 0.750. The van der Waals surface area contributed by atoms with Crippen molar-refractivity contribution in [2.75, 3.05) is 32.2 Å². The van der Waals surface area contributed by atoms with Gasteiger partial charge in [0.1, 0.15) is 9.84 Å². The lowest BCUT2D eigenvalue weighted by molar-refractivity contribution is -0.140. The van der Waals surface area contributed by atoms with Crippen LogP contribution in [0.25, 0.3) is 0 Å². The summed E-state index contributed by atoms with van der Waals surface area (Å²) in [6.45, 7) is -0.788. The Labute approximate surface area is 99.1 Å². The number of aliphatic hydroxyl groups excluding tert-OH is 1. The van der Waals surface area contributed by atoms with Gasteiger partial charge in [0.05, 0.1) is 12.4 Å². The Kier molecular flexibility index (Phi) is 5.89. The molecule has 0 rings (SSSR count). The molecule has 0 aromatic heterocycles. The average molecular weight is 268 g/mol. The van der Waals surface area contributed by atoms with Crippen LogP contribution in [0.2, 0.25) is 0 Å². The van der Waals surface area contributed by atoms with Crippen LogP contribution >= 0.6 is 0 Å². The summed E-state index contributed by atoms with van der Waals surface area (Å²) in [7, 11) is -1.86. The lowest BCUT2D eigenvalue weighted by Crippen LogP contribution is -2.49. The van der Waals surface area contributed by atoms with Gasteiger partial charge in [0.15, 0.2) is 6.04 Å². The average Bonchev–Trinajstić information content (AvgIpc) is 2.20. The van der Waals surface area contributed by atoms with E-state index in [1.165, 1.54) is 7.05 Å². The minimum atomic E-state index is -3.19. The molecule has 8 nitrogen and oxygen atoms in total. The van der Waals surface area contributed by atoms with E-state index in [4.69, 9.17) is 10.2 Å². The van der Waals surface area contributed by atoms with Crippen molar-refractivity contribution >= 4 is 21.8 Å². The third kappa shape index (κ3) is 6.74. The van der Waals surface area contributed by atoms with Gasteiger partial charge in [0.25, 0.3) is 0 Å². The largest absolute Gasteiger partial charge is 0.480 e. The summed E-state index contributed by atoms with van der Waals surface area (Å²) in [5, 5.41) is 19.3. The molecule has 17 heavy (non-hydrogen) atoms. The number of hydrogen-bond acceptors (Lipinski definition) is 5. The van der Waals surface area contributed by atoms with Gasteiger partial charge in [-0.05, 0) is 0 Å². The van der Waals surface area contributed by atoms with Crippen LogP contribution in [0.5, 0.6) is 0 Å². The molecule has 0 radical (unpaired) electrons. The molecule has 1 unspecified atom stereocenters. The highest BCUT2D eigenvalue weighted by Crippen LogP contribution is 1.91. The Bertz CT molecular complexity index is 379. The minimum absolute atomic E-state index is 0.0531. The Morgan fingerprint density at radius 1 is 1.41 bits per heavy atom. The summed E-state index contributed by atoms with van der Waals surface area (Å²) >= 11 is 0. The first-order chi connectivity index (χ1) is 7.67. The fourth-order valence-corrected chi connectivity index (χ4v) is 1.45. The van der Waals surface area contributed by atoms with Crippen LogP contribution < -0.4 is 5.32 Å². The lowest BCUT2D eigenvalue weighted by Gasteiger charge is -2.19. The van der Waals surface area contributed by atoms with Crippen LogP contribution in [0.15, 0.2) is 0 Å². The smallest absolute Gasteiger partial charge is 0.328 e. The molecule has 0 aromatic rings. The van der Waals surface area contributed by atoms with E-state index in [9.17, 15) is 18.0 Å². The molecule has 0 aliphatic heterocycles. The predicted molar refractivity (Wildman–Crippen MR) is 59.4 cm³/mol. The van der Waals surface area contributed by atoms with Crippen LogP contribution in [0, 0.1) is 0 Å². The van der Waals surface area contributed by atoms with E-state index in [0.29, 0.717) is 0 Å². The summed E-state index contributed by atoms with van der Waals surface area (Å²) in [5.41, 5.74) is 0. The molecule has 0 bridgehead atoms. The maximum Gasteiger partial charge on any atom is 0.328 e. The van der Waals surface area contributed by atoms with Gasteiger partial charge in [-0.15, -0.1) is 0 Å². The van der Waals surface area contributed by atoms with E-state index in [1.807, 2.05) is 5.32 Å². The van der Waals surface area contributed by atoms with E-state index >= 15 is 0 Å². The molecule has 2 amide bonds. The van der Waals surface area contributed by atoms with Crippen LogP contribution in [0.1, 0.15) is 0 Å². The van der Waals surface area contributed by atoms with Crippen LogP contribution in [-0.2, 0) is 14.6 Å². The molecular formula is C8H16N2O6S. The number of carbonyl (C=O) groups is 2. The van der Waals surface area contributed by atoms with Gasteiger partial charge in [-0.3, -0.25) is 0 Å². The zero-order valence-electron chi connectivity index (χ0n) is 9.58. The molecule has 100 valence electrons. The van der Waals surface area contributed by atoms with Gasteiger partial charge in [0, 0.05) is 19.8 Å². The Hall–Kier alpha value is -1.35. The molecule has 0 heterocycles. The van der Waals surface area contributed by atoms with E-state index in [0.717, 1.165) is 11.2 Å². The van der Waals surface area contributed by atoms with Crippen molar-refractivity contribution in [3.05, 3.63) is 0 Å². The topological polar surface area (TPSA) is 124 Å². The van der Waals surface area contributed by atoms with Gasteiger partial charge in [-0.2, -0.15) is 0 Å². The van der Waals surface area contributed by atoms with Crippen molar-refractivity contribution in [2.24, 2.45) is 0 Å². The number of sulfone groups is 1. The Morgan fingerprint density at radius 3 is 2.29 bits per heavy atom. The maximum atomic E-state index is 11.4. The molecule has 0 aliphatic carbocycles. The molecule has 0 aromatic carbocycles. The van der Waals surface area contributed by atoms with Crippen molar-refractivity contribution in [3.8, 4) is 0 Å². The van der Waals surface area contributed by atoms with Crippen molar-refractivity contribution in [1.29, 1.82) is 0 Å². The van der Waals surface area contributed by atoms with Crippen molar-refractivity contribution in [3.63, 3.8) is 0 Å². The number of rotatable bonds is 6. The monoisotopic (exact) mass is 268 g/mol. The van der Waals surface area contributed by atoms with E-state index < -0.39 is 34.5 Å². The lowest BCUT2D eigenvalue weighted by atomic mass is 10.3.